The molecule has 1 aliphatic rings. The number of nitrogens with zero attached hydrogens (tertiary/aromatic N) is 2. The minimum Gasteiger partial charge on any atom is -0.340 e. The molecule has 1 N–H and O–H groups in total. The minimum atomic E-state index is -0.283. The normalized spacial score (nSPS) is 14.7. The fourth-order valence-electron chi connectivity index (χ4n) is 3.35. The number of carbonyl (C=O) groups is 2. The number of halogens is 1. The fourth-order valence-corrected chi connectivity index (χ4v) is 3.35. The molecule has 0 aliphatic carbocycles. The first-order chi connectivity index (χ1) is 13.5. The first-order valence-corrected chi connectivity index (χ1v) is 9.61. The molecule has 2 aromatic rings. The van der Waals surface area contributed by atoms with Gasteiger partial charge in [0, 0.05) is 45.3 Å². The maximum atomic E-state index is 13.0. The monoisotopic (exact) mass is 383 g/mol. The molecule has 1 heterocycles. The van der Waals surface area contributed by atoms with Crippen molar-refractivity contribution in [3.05, 3.63) is 65.5 Å². The predicted molar refractivity (Wildman–Crippen MR) is 108 cm³/mol. The van der Waals surface area contributed by atoms with E-state index in [0.717, 1.165) is 50.4 Å². The van der Waals surface area contributed by atoms with Crippen molar-refractivity contribution in [3.63, 3.8) is 0 Å². The Balaban J connectivity index is 1.40. The zero-order valence-electron chi connectivity index (χ0n) is 16.2. The van der Waals surface area contributed by atoms with Gasteiger partial charge < -0.3 is 10.2 Å². The summed E-state index contributed by atoms with van der Waals surface area (Å²) in [6.07, 6.45) is 1.25. The highest BCUT2D eigenvalue weighted by molar-refractivity contribution is 5.88. The van der Waals surface area contributed by atoms with Gasteiger partial charge in [-0.15, -0.1) is 0 Å². The molecule has 6 heteroatoms. The first kappa shape index (κ1) is 20.0. The maximum absolute atomic E-state index is 13.0. The molecule has 1 saturated heterocycles. The first-order valence-electron chi connectivity index (χ1n) is 9.61. The highest BCUT2D eigenvalue weighted by Crippen LogP contribution is 2.12. The lowest BCUT2D eigenvalue weighted by molar-refractivity contribution is -0.132. The van der Waals surface area contributed by atoms with Crippen LogP contribution in [0.5, 0.6) is 0 Å². The van der Waals surface area contributed by atoms with E-state index in [1.165, 1.54) is 24.6 Å². The SMILES string of the molecule is CC(=O)Nc1ccc(CCN2CCN(C(=O)Cc3ccc(F)cc3)CC2)cc1. The Bertz CT molecular complexity index is 798. The van der Waals surface area contributed by atoms with Gasteiger partial charge in [-0.25, -0.2) is 4.39 Å². The van der Waals surface area contributed by atoms with E-state index >= 15 is 0 Å². The van der Waals surface area contributed by atoms with E-state index < -0.39 is 0 Å². The summed E-state index contributed by atoms with van der Waals surface area (Å²) in [6.45, 7) is 5.61. The van der Waals surface area contributed by atoms with Crippen molar-refractivity contribution < 1.29 is 14.0 Å². The number of anilines is 1. The van der Waals surface area contributed by atoms with Crippen molar-refractivity contribution in [2.75, 3.05) is 38.0 Å². The molecule has 0 bridgehead atoms. The van der Waals surface area contributed by atoms with Crippen LogP contribution in [0.4, 0.5) is 10.1 Å². The van der Waals surface area contributed by atoms with Crippen LogP contribution in [0, 0.1) is 5.82 Å². The minimum absolute atomic E-state index is 0.0698. The van der Waals surface area contributed by atoms with Gasteiger partial charge in [-0.05, 0) is 41.8 Å². The van der Waals surface area contributed by atoms with E-state index in [2.05, 4.69) is 10.2 Å². The van der Waals surface area contributed by atoms with Crippen LogP contribution >= 0.6 is 0 Å². The Kier molecular flexibility index (Phi) is 6.76. The number of hydrogen-bond acceptors (Lipinski definition) is 3. The van der Waals surface area contributed by atoms with Gasteiger partial charge >= 0.3 is 0 Å². The van der Waals surface area contributed by atoms with Crippen molar-refractivity contribution in [2.24, 2.45) is 0 Å². The van der Waals surface area contributed by atoms with Crippen LogP contribution in [0.3, 0.4) is 0 Å². The molecular formula is C22H26FN3O2. The molecule has 2 amide bonds. The lowest BCUT2D eigenvalue weighted by Crippen LogP contribution is -2.49. The van der Waals surface area contributed by atoms with Gasteiger partial charge in [-0.1, -0.05) is 24.3 Å². The molecule has 0 radical (unpaired) electrons. The number of carbonyl (C=O) groups excluding carboxylic acids is 2. The highest BCUT2D eigenvalue weighted by atomic mass is 19.1. The molecule has 0 atom stereocenters. The molecule has 0 aromatic heterocycles. The van der Waals surface area contributed by atoms with E-state index in [9.17, 15) is 14.0 Å². The van der Waals surface area contributed by atoms with Crippen molar-refractivity contribution in [2.45, 2.75) is 19.8 Å². The molecule has 2 aromatic carbocycles. The molecule has 0 spiro atoms. The van der Waals surface area contributed by atoms with Gasteiger partial charge in [0.25, 0.3) is 0 Å². The third kappa shape index (κ3) is 5.89. The average molecular weight is 383 g/mol. The van der Waals surface area contributed by atoms with Crippen LogP contribution in [0.25, 0.3) is 0 Å². The number of nitrogens with one attached hydrogen (secondary N) is 1. The van der Waals surface area contributed by atoms with E-state index in [-0.39, 0.29) is 17.6 Å². The summed E-state index contributed by atoms with van der Waals surface area (Å²) in [4.78, 5) is 27.7. The number of hydrogen-bond donors (Lipinski definition) is 1. The van der Waals surface area contributed by atoms with Gasteiger partial charge in [0.2, 0.25) is 11.8 Å². The van der Waals surface area contributed by atoms with Crippen molar-refractivity contribution in [3.8, 4) is 0 Å². The third-order valence-corrected chi connectivity index (χ3v) is 4.98. The zero-order chi connectivity index (χ0) is 19.9. The number of amides is 2. The molecule has 5 nitrogen and oxygen atoms in total. The van der Waals surface area contributed by atoms with E-state index in [1.807, 2.05) is 29.2 Å². The van der Waals surface area contributed by atoms with Crippen LogP contribution in [-0.2, 0) is 22.4 Å². The Morgan fingerprint density at radius 2 is 1.54 bits per heavy atom. The largest absolute Gasteiger partial charge is 0.340 e. The standard InChI is InChI=1S/C22H26FN3O2/c1-17(27)24-21-8-4-18(5-9-21)10-11-25-12-14-26(15-13-25)22(28)16-19-2-6-20(23)7-3-19/h2-9H,10-16H2,1H3,(H,24,27). The second kappa shape index (κ2) is 9.46. The lowest BCUT2D eigenvalue weighted by Gasteiger charge is -2.34. The van der Waals surface area contributed by atoms with E-state index in [0.29, 0.717) is 6.42 Å². The highest BCUT2D eigenvalue weighted by Gasteiger charge is 2.20. The van der Waals surface area contributed by atoms with Crippen LogP contribution in [-0.4, -0.2) is 54.3 Å². The summed E-state index contributed by atoms with van der Waals surface area (Å²) < 4.78 is 13.0. The van der Waals surface area contributed by atoms with Crippen LogP contribution in [0.2, 0.25) is 0 Å². The van der Waals surface area contributed by atoms with Crippen LogP contribution in [0.1, 0.15) is 18.1 Å². The zero-order valence-corrected chi connectivity index (χ0v) is 16.2. The van der Waals surface area contributed by atoms with Gasteiger partial charge in [0.05, 0.1) is 6.42 Å². The second-order valence-electron chi connectivity index (χ2n) is 7.15. The maximum Gasteiger partial charge on any atom is 0.227 e. The summed E-state index contributed by atoms with van der Waals surface area (Å²) in [5.41, 5.74) is 2.88. The Hall–Kier alpha value is -2.73. The average Bonchev–Trinajstić information content (AvgIpc) is 2.69. The van der Waals surface area contributed by atoms with Gasteiger partial charge in [0.15, 0.2) is 0 Å². The predicted octanol–water partition coefficient (Wildman–Crippen LogP) is 2.71. The molecule has 0 unspecified atom stereocenters. The Morgan fingerprint density at radius 1 is 0.929 bits per heavy atom. The second-order valence-corrected chi connectivity index (χ2v) is 7.15. The lowest BCUT2D eigenvalue weighted by atomic mass is 10.1. The Morgan fingerprint density at radius 3 is 2.14 bits per heavy atom. The summed E-state index contributed by atoms with van der Waals surface area (Å²) in [5.74, 6) is -0.256. The van der Waals surface area contributed by atoms with E-state index in [1.54, 1.807) is 12.1 Å². The van der Waals surface area contributed by atoms with Crippen molar-refractivity contribution >= 4 is 17.5 Å². The van der Waals surface area contributed by atoms with Gasteiger partial charge in [-0.2, -0.15) is 0 Å². The fraction of sp³-hybridized carbons (Fsp3) is 0.364. The quantitative estimate of drug-likeness (QED) is 0.835. The molecule has 0 saturated carbocycles. The van der Waals surface area contributed by atoms with Crippen LogP contribution in [0.15, 0.2) is 48.5 Å². The molecule has 1 fully saturated rings. The number of benzene rings is 2. The van der Waals surface area contributed by atoms with Gasteiger partial charge in [0.1, 0.15) is 5.82 Å². The summed E-state index contributed by atoms with van der Waals surface area (Å²) in [7, 11) is 0. The van der Waals surface area contributed by atoms with E-state index in [4.69, 9.17) is 0 Å². The molecule has 148 valence electrons. The number of piperazine rings is 1. The number of rotatable bonds is 6. The molecule has 1 aliphatic heterocycles. The smallest absolute Gasteiger partial charge is 0.227 e. The Labute approximate surface area is 165 Å². The molecule has 3 rings (SSSR count). The van der Waals surface area contributed by atoms with Crippen molar-refractivity contribution in [1.82, 2.24) is 9.80 Å². The van der Waals surface area contributed by atoms with Crippen LogP contribution < -0.4 is 5.32 Å². The molecule has 28 heavy (non-hydrogen) atoms. The summed E-state index contributed by atoms with van der Waals surface area (Å²) >= 11 is 0. The van der Waals surface area contributed by atoms with Gasteiger partial charge in [-0.3, -0.25) is 14.5 Å². The third-order valence-electron chi connectivity index (χ3n) is 4.98. The van der Waals surface area contributed by atoms with Crippen molar-refractivity contribution in [1.29, 1.82) is 0 Å². The summed E-state index contributed by atoms with van der Waals surface area (Å²) in [6, 6.07) is 14.0. The molecular weight excluding hydrogens is 357 g/mol. The topological polar surface area (TPSA) is 52.7 Å². The summed E-state index contributed by atoms with van der Waals surface area (Å²) in [5, 5.41) is 2.77.